The minimum absolute atomic E-state index is 0.0385. The molecule has 1 saturated heterocycles. The van der Waals surface area contributed by atoms with Crippen LogP contribution >= 0.6 is 0 Å². The number of nitrogens with one attached hydrogen (secondary N) is 2. The maximum Gasteiger partial charge on any atom is 0.361 e. The van der Waals surface area contributed by atoms with Gasteiger partial charge in [-0.2, -0.15) is 0 Å². The normalized spacial score (nSPS) is 20.9. The van der Waals surface area contributed by atoms with Crippen molar-refractivity contribution in [3.63, 3.8) is 0 Å². The standard InChI is InChI=1S/C32H38B2N2O3/c1-32(22-36-23-37)29-21-25(15-18-30(29)33(32)26-9-5-3-6-10-26)31(38)24-13-16-28(17-14-24)34(39-20-19-35-2)27-11-7-4-8-12-27/h3-18,29,31,35-38H,19-23H2,1-2H3. The molecule has 3 atom stereocenters. The second-order valence-electron chi connectivity index (χ2n) is 10.9. The number of benzene rings is 3. The Morgan fingerprint density at radius 3 is 2.31 bits per heavy atom. The van der Waals surface area contributed by atoms with Crippen molar-refractivity contribution in [1.82, 2.24) is 10.6 Å². The molecule has 5 rings (SSSR count). The van der Waals surface area contributed by atoms with Gasteiger partial charge in [0.1, 0.15) is 6.10 Å². The number of rotatable bonds is 12. The fraction of sp³-hybridized carbons (Fsp3) is 0.312. The van der Waals surface area contributed by atoms with Crippen LogP contribution in [-0.4, -0.2) is 57.3 Å². The average Bonchev–Trinajstić information content (AvgIpc) is 2.99. The van der Waals surface area contributed by atoms with E-state index in [9.17, 15) is 10.2 Å². The first-order chi connectivity index (χ1) is 19.1. The summed E-state index contributed by atoms with van der Waals surface area (Å²) >= 11 is 0. The lowest BCUT2D eigenvalue weighted by molar-refractivity contribution is 0.199. The number of fused-ring (bicyclic) bond motifs is 1. The van der Waals surface area contributed by atoms with E-state index in [2.05, 4.69) is 84.3 Å². The third-order valence-electron chi connectivity index (χ3n) is 8.52. The molecule has 39 heavy (non-hydrogen) atoms. The van der Waals surface area contributed by atoms with Gasteiger partial charge in [-0.3, -0.25) is 5.32 Å². The second-order valence-corrected chi connectivity index (χ2v) is 10.9. The number of hydrogen-bond acceptors (Lipinski definition) is 5. The van der Waals surface area contributed by atoms with Gasteiger partial charge >= 0.3 is 6.92 Å². The lowest BCUT2D eigenvalue weighted by Gasteiger charge is -2.57. The van der Waals surface area contributed by atoms with Crippen LogP contribution < -0.4 is 27.0 Å². The fourth-order valence-electron chi connectivity index (χ4n) is 6.47. The van der Waals surface area contributed by atoms with Crippen molar-refractivity contribution >= 4 is 30.0 Å². The molecule has 3 unspecified atom stereocenters. The van der Waals surface area contributed by atoms with Crippen LogP contribution in [0, 0.1) is 5.92 Å². The third-order valence-corrected chi connectivity index (χ3v) is 8.52. The molecule has 0 radical (unpaired) electrons. The predicted octanol–water partition coefficient (Wildman–Crippen LogP) is 2.19. The van der Waals surface area contributed by atoms with E-state index in [1.807, 2.05) is 37.4 Å². The molecular weight excluding hydrogens is 482 g/mol. The number of likely N-dealkylation sites (N-methyl/N-ethyl adjacent to an activating group) is 1. The summed E-state index contributed by atoms with van der Waals surface area (Å²) in [6, 6.07) is 29.1. The highest BCUT2D eigenvalue weighted by Crippen LogP contribution is 2.59. The van der Waals surface area contributed by atoms with Gasteiger partial charge in [0.15, 0.2) is 0 Å². The molecule has 0 amide bonds. The summed E-state index contributed by atoms with van der Waals surface area (Å²) in [6.45, 7) is 4.52. The van der Waals surface area contributed by atoms with Crippen molar-refractivity contribution in [2.45, 2.75) is 24.8 Å². The Labute approximate surface area is 233 Å². The van der Waals surface area contributed by atoms with Crippen molar-refractivity contribution in [2.75, 3.05) is 33.5 Å². The zero-order valence-corrected chi connectivity index (χ0v) is 22.9. The van der Waals surface area contributed by atoms with E-state index in [0.717, 1.165) is 41.6 Å². The Balaban J connectivity index is 1.36. The minimum atomic E-state index is -0.664. The molecule has 200 valence electrons. The fourth-order valence-corrected chi connectivity index (χ4v) is 6.47. The van der Waals surface area contributed by atoms with Gasteiger partial charge in [0.2, 0.25) is 6.71 Å². The molecule has 4 N–H and O–H groups in total. The largest absolute Gasteiger partial charge is 0.426 e. The predicted molar refractivity (Wildman–Crippen MR) is 162 cm³/mol. The van der Waals surface area contributed by atoms with Crippen LogP contribution in [0.4, 0.5) is 0 Å². The van der Waals surface area contributed by atoms with Crippen molar-refractivity contribution in [3.05, 3.63) is 114 Å². The molecule has 0 bridgehead atoms. The molecular formula is C32H38B2N2O3. The lowest BCUT2D eigenvalue weighted by Crippen LogP contribution is -2.62. The molecule has 3 aromatic rings. The van der Waals surface area contributed by atoms with Crippen LogP contribution in [-0.2, 0) is 4.65 Å². The summed E-state index contributed by atoms with van der Waals surface area (Å²) in [4.78, 5) is 0. The first kappa shape index (κ1) is 27.6. The van der Waals surface area contributed by atoms with Crippen molar-refractivity contribution in [1.29, 1.82) is 0 Å². The average molecular weight is 520 g/mol. The Hall–Kier alpha value is -2.93. The highest BCUT2D eigenvalue weighted by atomic mass is 16.4. The summed E-state index contributed by atoms with van der Waals surface area (Å²) in [6.07, 6.45) is 4.48. The third kappa shape index (κ3) is 5.69. The SMILES string of the molecule is CNCCOB(c1ccccc1)c1ccc(C(O)C2=CC=C3B(c4ccccc4)C(C)(CNCO)C3C2)cc1. The van der Waals surface area contributed by atoms with E-state index in [4.69, 9.17) is 4.65 Å². The molecule has 7 heteroatoms. The number of hydrogen-bond donors (Lipinski definition) is 4. The molecule has 2 aliphatic rings. The summed E-state index contributed by atoms with van der Waals surface area (Å²) in [5.41, 5.74) is 6.82. The Morgan fingerprint density at radius 1 is 0.974 bits per heavy atom. The zero-order chi connectivity index (χ0) is 27.2. The van der Waals surface area contributed by atoms with E-state index < -0.39 is 6.10 Å². The van der Waals surface area contributed by atoms with E-state index >= 15 is 0 Å². The lowest BCUT2D eigenvalue weighted by atomic mass is 9.13. The quantitative estimate of drug-likeness (QED) is 0.168. The van der Waals surface area contributed by atoms with Crippen LogP contribution in [0.2, 0.25) is 5.31 Å². The van der Waals surface area contributed by atoms with Crippen molar-refractivity contribution in [3.8, 4) is 0 Å². The first-order valence-corrected chi connectivity index (χ1v) is 13.9. The highest BCUT2D eigenvalue weighted by Gasteiger charge is 2.58. The zero-order valence-electron chi connectivity index (χ0n) is 22.9. The summed E-state index contributed by atoms with van der Waals surface area (Å²) in [7, 11) is 1.92. The van der Waals surface area contributed by atoms with Gasteiger partial charge in [0.25, 0.3) is 0 Å². The van der Waals surface area contributed by atoms with E-state index in [1.54, 1.807) is 0 Å². The number of allylic oxidation sites excluding steroid dienone is 3. The van der Waals surface area contributed by atoms with Gasteiger partial charge < -0.3 is 20.2 Å². The van der Waals surface area contributed by atoms with E-state index in [0.29, 0.717) is 19.2 Å². The molecule has 5 nitrogen and oxygen atoms in total. The molecule has 3 aromatic carbocycles. The first-order valence-electron chi connectivity index (χ1n) is 13.9. The number of aliphatic hydroxyl groups is 2. The van der Waals surface area contributed by atoms with Gasteiger partial charge in [-0.25, -0.2) is 0 Å². The van der Waals surface area contributed by atoms with E-state index in [1.165, 1.54) is 10.9 Å². The van der Waals surface area contributed by atoms with Gasteiger partial charge in [0.05, 0.1) is 6.73 Å². The Kier molecular flexibility index (Phi) is 8.85. The van der Waals surface area contributed by atoms with Gasteiger partial charge in [-0.15, -0.1) is 0 Å². The van der Waals surface area contributed by atoms with Gasteiger partial charge in [-0.05, 0) is 53.3 Å². The summed E-state index contributed by atoms with van der Waals surface area (Å²) in [5.74, 6) is 0.318. The van der Waals surface area contributed by atoms with Crippen LogP contribution in [0.1, 0.15) is 25.0 Å². The summed E-state index contributed by atoms with van der Waals surface area (Å²) < 4.78 is 6.24. The molecule has 1 aliphatic carbocycles. The monoisotopic (exact) mass is 520 g/mol. The smallest absolute Gasteiger partial charge is 0.361 e. The maximum absolute atomic E-state index is 11.4. The van der Waals surface area contributed by atoms with Crippen LogP contribution in [0.5, 0.6) is 0 Å². The molecule has 0 saturated carbocycles. The number of aliphatic hydroxyl groups excluding tert-OH is 2. The van der Waals surface area contributed by atoms with Gasteiger partial charge in [0, 0.05) is 13.2 Å². The molecule has 1 fully saturated rings. The van der Waals surface area contributed by atoms with Crippen molar-refractivity contribution in [2.24, 2.45) is 5.92 Å². The Morgan fingerprint density at radius 2 is 1.64 bits per heavy atom. The van der Waals surface area contributed by atoms with Crippen LogP contribution in [0.3, 0.4) is 0 Å². The van der Waals surface area contributed by atoms with Crippen molar-refractivity contribution < 1.29 is 14.9 Å². The second kappa shape index (κ2) is 12.5. The molecule has 0 aromatic heterocycles. The Bertz CT molecular complexity index is 1280. The topological polar surface area (TPSA) is 73.8 Å². The highest BCUT2D eigenvalue weighted by molar-refractivity contribution is 6.86. The molecule has 0 spiro atoms. The van der Waals surface area contributed by atoms with Crippen LogP contribution in [0.25, 0.3) is 0 Å². The van der Waals surface area contributed by atoms with E-state index in [-0.39, 0.29) is 19.0 Å². The minimum Gasteiger partial charge on any atom is -0.426 e. The van der Waals surface area contributed by atoms with Crippen LogP contribution in [0.15, 0.2) is 108 Å². The van der Waals surface area contributed by atoms with Gasteiger partial charge in [-0.1, -0.05) is 115 Å². The molecule has 1 heterocycles. The molecule has 1 aliphatic heterocycles. The maximum atomic E-state index is 11.4. The summed E-state index contributed by atoms with van der Waals surface area (Å²) in [5, 5.41) is 27.2.